The maximum Gasteiger partial charge on any atom is 0.282 e. The third-order valence-electron chi connectivity index (χ3n) is 5.01. The fourth-order valence-electron chi connectivity index (χ4n) is 3.67. The third kappa shape index (κ3) is 4.38. The number of allylic oxidation sites excluding steroid dienone is 2. The molecule has 1 amide bonds. The van der Waals surface area contributed by atoms with Gasteiger partial charge in [-0.25, -0.2) is 0 Å². The highest BCUT2D eigenvalue weighted by Crippen LogP contribution is 2.36. The van der Waals surface area contributed by atoms with Crippen molar-refractivity contribution in [3.8, 4) is 0 Å². The molecule has 0 radical (unpaired) electrons. The van der Waals surface area contributed by atoms with Gasteiger partial charge in [-0.1, -0.05) is 48.4 Å². The Hall–Kier alpha value is -0.810. The number of likely N-dealkylation sites (tertiary alicyclic amines) is 1. The lowest BCUT2D eigenvalue weighted by atomic mass is 9.98. The Morgan fingerprint density at radius 1 is 1.17 bits per heavy atom. The van der Waals surface area contributed by atoms with Gasteiger partial charge in [0.05, 0.1) is 18.0 Å². The zero-order chi connectivity index (χ0) is 16.1. The van der Waals surface area contributed by atoms with E-state index in [9.17, 15) is 9.18 Å². The van der Waals surface area contributed by atoms with E-state index in [1.54, 1.807) is 0 Å². The summed E-state index contributed by atoms with van der Waals surface area (Å²) in [4.78, 5) is 16.9. The first-order valence-corrected chi connectivity index (χ1v) is 9.80. The molecule has 2 saturated heterocycles. The van der Waals surface area contributed by atoms with Crippen LogP contribution >= 0.6 is 11.8 Å². The molecule has 2 fully saturated rings. The van der Waals surface area contributed by atoms with Crippen LogP contribution in [0.2, 0.25) is 0 Å². The second-order valence-corrected chi connectivity index (χ2v) is 7.81. The highest BCUT2D eigenvalue weighted by molar-refractivity contribution is 8.14. The third-order valence-corrected chi connectivity index (χ3v) is 6.13. The first-order chi connectivity index (χ1) is 11.3. The predicted octanol–water partition coefficient (Wildman–Crippen LogP) is 4.01. The molecule has 0 aromatic heterocycles. The number of carbonyl (C=O) groups is 1. The van der Waals surface area contributed by atoms with E-state index in [0.29, 0.717) is 6.42 Å². The van der Waals surface area contributed by atoms with Crippen LogP contribution in [0.5, 0.6) is 0 Å². The van der Waals surface area contributed by atoms with E-state index < -0.39 is 0 Å². The van der Waals surface area contributed by atoms with Crippen molar-refractivity contribution in [2.75, 3.05) is 32.9 Å². The van der Waals surface area contributed by atoms with E-state index in [-0.39, 0.29) is 23.2 Å². The van der Waals surface area contributed by atoms with Crippen LogP contribution in [0.25, 0.3) is 0 Å². The molecule has 5 heteroatoms. The largest absolute Gasteiger partial charge is 0.324 e. The number of thioether (sulfide) groups is 1. The zero-order valence-electron chi connectivity index (χ0n) is 13.8. The SMILES string of the molecule is O=C1SC2C=C(CCCF)C=CC2N1CCN1CCCCCC1. The van der Waals surface area contributed by atoms with Gasteiger partial charge in [-0.15, -0.1) is 0 Å². The number of hydrogen-bond donors (Lipinski definition) is 0. The van der Waals surface area contributed by atoms with Crippen molar-refractivity contribution >= 4 is 17.0 Å². The molecule has 0 bridgehead atoms. The number of rotatable bonds is 6. The van der Waals surface area contributed by atoms with Crippen molar-refractivity contribution in [1.82, 2.24) is 9.80 Å². The average molecular weight is 338 g/mol. The van der Waals surface area contributed by atoms with Crippen LogP contribution in [-0.4, -0.2) is 59.2 Å². The van der Waals surface area contributed by atoms with Gasteiger partial charge in [0.1, 0.15) is 0 Å². The first kappa shape index (κ1) is 17.0. The standard InChI is InChI=1S/C18H27FN2OS/c19-9-5-6-15-7-8-16-17(14-15)23-18(22)21(16)13-12-20-10-3-1-2-4-11-20/h7-8,14,16-17H,1-6,9-13H2. The lowest BCUT2D eigenvalue weighted by Crippen LogP contribution is -2.41. The summed E-state index contributed by atoms with van der Waals surface area (Å²) in [6.45, 7) is 3.89. The van der Waals surface area contributed by atoms with Gasteiger partial charge in [-0.05, 0) is 38.8 Å². The molecule has 0 aromatic carbocycles. The number of fused-ring (bicyclic) bond motifs is 1. The second-order valence-electron chi connectivity index (χ2n) is 6.68. The van der Waals surface area contributed by atoms with Gasteiger partial charge < -0.3 is 9.80 Å². The van der Waals surface area contributed by atoms with Gasteiger partial charge in [0.2, 0.25) is 0 Å². The van der Waals surface area contributed by atoms with Crippen molar-refractivity contribution in [3.63, 3.8) is 0 Å². The maximum absolute atomic E-state index is 12.3. The Kier molecular flexibility index (Phi) is 6.17. The summed E-state index contributed by atoms with van der Waals surface area (Å²) in [6.07, 6.45) is 13.0. The zero-order valence-corrected chi connectivity index (χ0v) is 14.6. The molecule has 2 aliphatic heterocycles. The molecule has 0 saturated carbocycles. The predicted molar refractivity (Wildman–Crippen MR) is 94.6 cm³/mol. The van der Waals surface area contributed by atoms with E-state index in [1.807, 2.05) is 4.90 Å². The summed E-state index contributed by atoms with van der Waals surface area (Å²) in [7, 11) is 0. The van der Waals surface area contributed by atoms with Gasteiger partial charge in [-0.3, -0.25) is 9.18 Å². The molecule has 1 aliphatic carbocycles. The molecular weight excluding hydrogens is 311 g/mol. The van der Waals surface area contributed by atoms with Gasteiger partial charge in [0, 0.05) is 13.1 Å². The maximum atomic E-state index is 12.3. The highest BCUT2D eigenvalue weighted by atomic mass is 32.2. The smallest absolute Gasteiger partial charge is 0.282 e. The van der Waals surface area contributed by atoms with E-state index in [4.69, 9.17) is 0 Å². The summed E-state index contributed by atoms with van der Waals surface area (Å²) in [6, 6.07) is 0.189. The minimum absolute atomic E-state index is 0.189. The summed E-state index contributed by atoms with van der Waals surface area (Å²) in [5.74, 6) is 0. The molecule has 2 atom stereocenters. The van der Waals surface area contributed by atoms with Crippen molar-refractivity contribution < 1.29 is 9.18 Å². The van der Waals surface area contributed by atoms with E-state index in [2.05, 4.69) is 23.1 Å². The van der Waals surface area contributed by atoms with Crippen LogP contribution in [0.1, 0.15) is 38.5 Å². The number of nitrogens with zero attached hydrogens (tertiary/aromatic N) is 2. The minimum Gasteiger partial charge on any atom is -0.324 e. The van der Waals surface area contributed by atoms with Crippen LogP contribution < -0.4 is 0 Å². The van der Waals surface area contributed by atoms with Gasteiger partial charge >= 0.3 is 0 Å². The molecule has 3 rings (SSSR count). The van der Waals surface area contributed by atoms with E-state index >= 15 is 0 Å². The summed E-state index contributed by atoms with van der Waals surface area (Å²) in [5, 5.41) is 0.411. The summed E-state index contributed by atoms with van der Waals surface area (Å²) >= 11 is 1.43. The number of alkyl halides is 1. The van der Waals surface area contributed by atoms with Crippen molar-refractivity contribution in [2.24, 2.45) is 0 Å². The van der Waals surface area contributed by atoms with E-state index in [0.717, 1.165) is 19.5 Å². The van der Waals surface area contributed by atoms with Gasteiger partial charge in [-0.2, -0.15) is 0 Å². The second kappa shape index (κ2) is 8.34. The van der Waals surface area contributed by atoms with Crippen LogP contribution in [0.15, 0.2) is 23.8 Å². The van der Waals surface area contributed by atoms with Crippen LogP contribution in [0, 0.1) is 0 Å². The molecule has 3 aliphatic rings. The molecule has 0 spiro atoms. The van der Waals surface area contributed by atoms with Crippen LogP contribution in [-0.2, 0) is 0 Å². The Balaban J connectivity index is 1.54. The summed E-state index contributed by atoms with van der Waals surface area (Å²) < 4.78 is 12.3. The molecule has 0 N–H and O–H groups in total. The molecule has 2 heterocycles. The lowest BCUT2D eigenvalue weighted by molar-refractivity contribution is 0.197. The normalized spacial score (nSPS) is 28.7. The Morgan fingerprint density at radius 3 is 2.70 bits per heavy atom. The molecule has 3 nitrogen and oxygen atoms in total. The van der Waals surface area contributed by atoms with Gasteiger partial charge in [0.25, 0.3) is 5.24 Å². The van der Waals surface area contributed by atoms with Crippen molar-refractivity contribution in [2.45, 2.75) is 49.8 Å². The van der Waals surface area contributed by atoms with Crippen molar-refractivity contribution in [3.05, 3.63) is 23.8 Å². The monoisotopic (exact) mass is 338 g/mol. The highest BCUT2D eigenvalue weighted by Gasteiger charge is 2.39. The number of halogens is 1. The van der Waals surface area contributed by atoms with Crippen LogP contribution in [0.3, 0.4) is 0 Å². The van der Waals surface area contributed by atoms with E-state index in [1.165, 1.54) is 56.1 Å². The van der Waals surface area contributed by atoms with Crippen LogP contribution in [0.4, 0.5) is 9.18 Å². The summed E-state index contributed by atoms with van der Waals surface area (Å²) in [5.41, 5.74) is 1.18. The lowest BCUT2D eigenvalue weighted by Gasteiger charge is -2.29. The van der Waals surface area contributed by atoms with Gasteiger partial charge in [0.15, 0.2) is 0 Å². The fourth-order valence-corrected chi connectivity index (χ4v) is 4.88. The molecule has 128 valence electrons. The number of hydrogen-bond acceptors (Lipinski definition) is 3. The minimum atomic E-state index is -0.271. The number of amides is 1. The average Bonchev–Trinajstić information content (AvgIpc) is 2.73. The Bertz CT molecular complexity index is 472. The molecule has 0 aromatic rings. The molecule has 23 heavy (non-hydrogen) atoms. The Labute approximate surface area is 143 Å². The number of carbonyl (C=O) groups excluding carboxylic acids is 1. The fraction of sp³-hybridized carbons (Fsp3) is 0.722. The molecular formula is C18H27FN2OS. The Morgan fingerprint density at radius 2 is 1.96 bits per heavy atom. The van der Waals surface area contributed by atoms with Crippen molar-refractivity contribution in [1.29, 1.82) is 0 Å². The topological polar surface area (TPSA) is 23.6 Å². The quantitative estimate of drug-likeness (QED) is 0.731. The first-order valence-electron chi connectivity index (χ1n) is 8.92. The molecule has 2 unspecified atom stereocenters.